The van der Waals surface area contributed by atoms with Crippen LogP contribution in [0.2, 0.25) is 0 Å². The van der Waals surface area contributed by atoms with Crippen molar-refractivity contribution in [1.82, 2.24) is 0 Å². The molecule has 39 heavy (non-hydrogen) atoms. The molecule has 0 N–H and O–H groups in total. The fourth-order valence-corrected chi connectivity index (χ4v) is 4.61. The van der Waals surface area contributed by atoms with Crippen molar-refractivity contribution in [3.63, 3.8) is 0 Å². The summed E-state index contributed by atoms with van der Waals surface area (Å²) in [5, 5.41) is 45.6. The maximum Gasteiger partial charge on any atom is 0.270 e. The average molecular weight is 545 g/mol. The van der Waals surface area contributed by atoms with Gasteiger partial charge in [0.05, 0.1) is 31.0 Å². The van der Waals surface area contributed by atoms with Gasteiger partial charge >= 0.3 is 0 Å². The highest BCUT2D eigenvalue weighted by Gasteiger charge is 2.17. The monoisotopic (exact) mass is 544 g/mol. The molecular formula is C26H16N4O8S-2. The van der Waals surface area contributed by atoms with Crippen LogP contribution in [0.5, 0.6) is 11.5 Å². The van der Waals surface area contributed by atoms with E-state index in [0.29, 0.717) is 11.4 Å². The number of nitro groups is 2. The van der Waals surface area contributed by atoms with E-state index in [2.05, 4.69) is 9.98 Å². The van der Waals surface area contributed by atoms with E-state index in [1.54, 1.807) is 0 Å². The van der Waals surface area contributed by atoms with Gasteiger partial charge in [0, 0.05) is 36.7 Å². The topological polar surface area (TPSA) is 191 Å². The first-order valence-electron chi connectivity index (χ1n) is 11.0. The SMILES string of the molecule is O=[N+]([O-])c1ccc([O-])c(C=Nc2ccc(S(=O)(=O)c3ccc(N=Cc4cc([N+](=O)[O-])ccc4[O-])cc3)cc2)c1. The molecule has 0 aromatic heterocycles. The molecular weight excluding hydrogens is 528 g/mol. The highest BCUT2D eigenvalue weighted by molar-refractivity contribution is 7.91. The summed E-state index contributed by atoms with van der Waals surface area (Å²) in [6, 6.07) is 17.5. The first kappa shape index (κ1) is 26.6. The maximum absolute atomic E-state index is 13.0. The fourth-order valence-electron chi connectivity index (χ4n) is 3.35. The Hall–Kier alpha value is -5.43. The third-order valence-corrected chi connectivity index (χ3v) is 7.19. The molecule has 0 saturated heterocycles. The van der Waals surface area contributed by atoms with Crippen molar-refractivity contribution in [2.45, 2.75) is 9.79 Å². The maximum atomic E-state index is 13.0. The summed E-state index contributed by atoms with van der Waals surface area (Å²) in [6.45, 7) is 0. The first-order valence-corrected chi connectivity index (χ1v) is 12.5. The van der Waals surface area contributed by atoms with Gasteiger partial charge in [-0.25, -0.2) is 8.42 Å². The number of benzene rings is 4. The van der Waals surface area contributed by atoms with Gasteiger partial charge in [0.1, 0.15) is 0 Å². The van der Waals surface area contributed by atoms with Crippen molar-refractivity contribution < 1.29 is 28.5 Å². The smallest absolute Gasteiger partial charge is 0.270 e. The summed E-state index contributed by atoms with van der Waals surface area (Å²) in [7, 11) is -3.90. The third kappa shape index (κ3) is 6.11. The molecule has 0 aliphatic rings. The molecule has 196 valence electrons. The van der Waals surface area contributed by atoms with Gasteiger partial charge in [0.15, 0.2) is 0 Å². The van der Waals surface area contributed by atoms with Gasteiger partial charge in [-0.15, -0.1) is 0 Å². The summed E-state index contributed by atoms with van der Waals surface area (Å²) < 4.78 is 26.0. The van der Waals surface area contributed by atoms with Crippen LogP contribution in [-0.2, 0) is 9.84 Å². The number of aliphatic imine (C=N–C) groups is 2. The second kappa shape index (κ2) is 10.9. The van der Waals surface area contributed by atoms with E-state index in [1.165, 1.54) is 61.0 Å². The van der Waals surface area contributed by atoms with E-state index in [1.807, 2.05) is 0 Å². The van der Waals surface area contributed by atoms with Crippen molar-refractivity contribution >= 4 is 45.0 Å². The minimum absolute atomic E-state index is 0.0145. The van der Waals surface area contributed by atoms with Gasteiger partial charge in [0.25, 0.3) is 11.4 Å². The second-order valence-corrected chi connectivity index (χ2v) is 9.92. The van der Waals surface area contributed by atoms with E-state index in [4.69, 9.17) is 0 Å². The van der Waals surface area contributed by atoms with Crippen LogP contribution in [0, 0.1) is 20.2 Å². The van der Waals surface area contributed by atoms with E-state index < -0.39 is 31.2 Å². The van der Waals surface area contributed by atoms with Crippen LogP contribution in [0.3, 0.4) is 0 Å². The Morgan fingerprint density at radius 2 is 0.949 bits per heavy atom. The second-order valence-electron chi connectivity index (χ2n) is 7.97. The molecule has 4 aromatic carbocycles. The molecule has 4 aromatic rings. The lowest BCUT2D eigenvalue weighted by atomic mass is 10.2. The molecule has 0 heterocycles. The summed E-state index contributed by atoms with van der Waals surface area (Å²) in [5.74, 6) is -0.898. The molecule has 0 amide bonds. The number of rotatable bonds is 8. The van der Waals surface area contributed by atoms with Crippen LogP contribution < -0.4 is 10.2 Å². The average Bonchev–Trinajstić information content (AvgIpc) is 2.92. The molecule has 0 radical (unpaired) electrons. The number of non-ortho nitro benzene ring substituents is 2. The van der Waals surface area contributed by atoms with E-state index in [9.17, 15) is 38.9 Å². The number of sulfone groups is 1. The van der Waals surface area contributed by atoms with E-state index in [0.717, 1.165) is 36.4 Å². The molecule has 12 nitrogen and oxygen atoms in total. The van der Waals surface area contributed by atoms with E-state index in [-0.39, 0.29) is 32.3 Å². The van der Waals surface area contributed by atoms with Crippen molar-refractivity contribution in [1.29, 1.82) is 0 Å². The normalized spacial score (nSPS) is 11.7. The van der Waals surface area contributed by atoms with Crippen LogP contribution >= 0.6 is 0 Å². The molecule has 0 bridgehead atoms. The largest absolute Gasteiger partial charge is 0.872 e. The third-order valence-electron chi connectivity index (χ3n) is 5.41. The van der Waals surface area contributed by atoms with Gasteiger partial charge < -0.3 is 10.2 Å². The van der Waals surface area contributed by atoms with Gasteiger partial charge in [-0.3, -0.25) is 30.2 Å². The van der Waals surface area contributed by atoms with Crippen LogP contribution in [0.15, 0.2) is 105 Å². The van der Waals surface area contributed by atoms with Gasteiger partial charge in [0.2, 0.25) is 9.84 Å². The highest BCUT2D eigenvalue weighted by atomic mass is 32.2. The molecule has 0 aliphatic heterocycles. The lowest BCUT2D eigenvalue weighted by molar-refractivity contribution is -0.385. The number of nitro benzene ring substituents is 2. The van der Waals surface area contributed by atoms with Gasteiger partial charge in [-0.2, -0.15) is 0 Å². The molecule has 13 heteroatoms. The van der Waals surface area contributed by atoms with E-state index >= 15 is 0 Å². The zero-order valence-electron chi connectivity index (χ0n) is 19.7. The Morgan fingerprint density at radius 1 is 0.590 bits per heavy atom. The van der Waals surface area contributed by atoms with Crippen LogP contribution in [0.25, 0.3) is 0 Å². The summed E-state index contributed by atoms with van der Waals surface area (Å²) in [4.78, 5) is 28.7. The van der Waals surface area contributed by atoms with Crippen LogP contribution in [-0.4, -0.2) is 30.7 Å². The summed E-state index contributed by atoms with van der Waals surface area (Å²) in [5.41, 5.74) is 0.162. The number of hydrogen-bond donors (Lipinski definition) is 0. The summed E-state index contributed by atoms with van der Waals surface area (Å²) >= 11 is 0. The summed E-state index contributed by atoms with van der Waals surface area (Å²) in [6.07, 6.45) is 2.34. The van der Waals surface area contributed by atoms with Crippen molar-refractivity contribution in [3.05, 3.63) is 116 Å². The minimum Gasteiger partial charge on any atom is -0.872 e. The predicted octanol–water partition coefficient (Wildman–Crippen LogP) is 3.98. The Balaban J connectivity index is 1.50. The zero-order valence-corrected chi connectivity index (χ0v) is 20.5. The molecule has 0 fully saturated rings. The quantitative estimate of drug-likeness (QED) is 0.180. The Bertz CT molecular complexity index is 1610. The molecule has 0 spiro atoms. The van der Waals surface area contributed by atoms with Crippen LogP contribution in [0.1, 0.15) is 11.1 Å². The van der Waals surface area contributed by atoms with Crippen molar-refractivity contribution in [2.24, 2.45) is 9.98 Å². The molecule has 0 aliphatic carbocycles. The lowest BCUT2D eigenvalue weighted by Gasteiger charge is -2.09. The van der Waals surface area contributed by atoms with Crippen molar-refractivity contribution in [2.75, 3.05) is 0 Å². The number of hydrogen-bond acceptors (Lipinski definition) is 10. The lowest BCUT2D eigenvalue weighted by Crippen LogP contribution is -2.01. The predicted molar refractivity (Wildman–Crippen MR) is 138 cm³/mol. The Morgan fingerprint density at radius 3 is 1.28 bits per heavy atom. The Labute approximate surface area is 221 Å². The highest BCUT2D eigenvalue weighted by Crippen LogP contribution is 2.26. The van der Waals surface area contributed by atoms with Crippen LogP contribution in [0.4, 0.5) is 22.7 Å². The molecule has 4 rings (SSSR count). The number of nitrogens with zero attached hydrogens (tertiary/aromatic N) is 4. The molecule has 0 saturated carbocycles. The van der Waals surface area contributed by atoms with Gasteiger partial charge in [-0.05, 0) is 59.7 Å². The molecule has 0 atom stereocenters. The molecule has 0 unspecified atom stereocenters. The van der Waals surface area contributed by atoms with Gasteiger partial charge in [-0.1, -0.05) is 23.6 Å². The fraction of sp³-hybridized carbons (Fsp3) is 0. The standard InChI is InChI=1S/C26H18N4O8S/c31-25-11-5-21(29(33)34)13-17(25)15-27-19-1-7-23(8-2-19)39(37,38)24-9-3-20(4-10-24)28-16-18-14-22(30(35)36)6-12-26(18)32/h1-16,31-32H/p-2. The van der Waals surface area contributed by atoms with Crippen molar-refractivity contribution in [3.8, 4) is 11.5 Å². The first-order chi connectivity index (χ1) is 18.5. The zero-order chi connectivity index (χ0) is 28.2. The Kier molecular flexibility index (Phi) is 7.44. The minimum atomic E-state index is -3.90.